The van der Waals surface area contributed by atoms with Gasteiger partial charge in [0.15, 0.2) is 5.96 Å². The third kappa shape index (κ3) is 5.89. The Hall–Kier alpha value is -1.26. The van der Waals surface area contributed by atoms with Crippen LogP contribution in [0.1, 0.15) is 40.5 Å². The van der Waals surface area contributed by atoms with E-state index in [9.17, 15) is 4.79 Å². The van der Waals surface area contributed by atoms with E-state index in [1.807, 2.05) is 6.92 Å². The summed E-state index contributed by atoms with van der Waals surface area (Å²) in [5.41, 5.74) is 0. The quantitative estimate of drug-likeness (QED) is 0.486. The van der Waals surface area contributed by atoms with E-state index in [4.69, 9.17) is 0 Å². The first-order chi connectivity index (χ1) is 8.52. The van der Waals surface area contributed by atoms with Crippen molar-refractivity contribution < 1.29 is 4.79 Å². The van der Waals surface area contributed by atoms with Gasteiger partial charge in [0, 0.05) is 18.6 Å². The van der Waals surface area contributed by atoms with Crippen LogP contribution in [0.3, 0.4) is 0 Å². The molecular formula is C13H26N4O. The number of nitrogens with one attached hydrogen (secondary N) is 3. The molecule has 0 spiro atoms. The van der Waals surface area contributed by atoms with Gasteiger partial charge in [-0.15, -0.1) is 0 Å². The van der Waals surface area contributed by atoms with Crippen molar-refractivity contribution in [3.05, 3.63) is 0 Å². The summed E-state index contributed by atoms with van der Waals surface area (Å²) < 4.78 is 0. The average Bonchev–Trinajstić information content (AvgIpc) is 3.09. The minimum Gasteiger partial charge on any atom is -0.357 e. The molecule has 1 unspecified atom stereocenters. The lowest BCUT2D eigenvalue weighted by molar-refractivity contribution is -0.119. The fourth-order valence-electron chi connectivity index (χ4n) is 1.35. The van der Waals surface area contributed by atoms with E-state index in [0.717, 1.165) is 19.4 Å². The van der Waals surface area contributed by atoms with Crippen molar-refractivity contribution in [1.29, 1.82) is 0 Å². The number of amides is 1. The molecular weight excluding hydrogens is 228 g/mol. The van der Waals surface area contributed by atoms with E-state index in [2.05, 4.69) is 41.7 Å². The first-order valence-electron chi connectivity index (χ1n) is 6.87. The van der Waals surface area contributed by atoms with Gasteiger partial charge in [0.05, 0.1) is 0 Å². The zero-order valence-electron chi connectivity index (χ0n) is 11.9. The van der Waals surface area contributed by atoms with Crippen molar-refractivity contribution in [1.82, 2.24) is 16.0 Å². The number of carbonyl (C=O) groups excluding carboxylic acids is 1. The molecule has 18 heavy (non-hydrogen) atoms. The predicted octanol–water partition coefficient (Wildman–Crippen LogP) is 0.865. The predicted molar refractivity (Wildman–Crippen MR) is 74.6 cm³/mol. The molecule has 0 heterocycles. The molecule has 0 saturated heterocycles. The third-order valence-electron chi connectivity index (χ3n) is 3.03. The van der Waals surface area contributed by atoms with Gasteiger partial charge in [0.2, 0.25) is 5.91 Å². The van der Waals surface area contributed by atoms with Gasteiger partial charge in [-0.25, -0.2) is 4.99 Å². The monoisotopic (exact) mass is 254 g/mol. The number of hydrogen-bond acceptors (Lipinski definition) is 2. The number of nitrogens with zero attached hydrogens (tertiary/aromatic N) is 1. The molecule has 0 aromatic heterocycles. The third-order valence-corrected chi connectivity index (χ3v) is 3.03. The Kier molecular flexibility index (Phi) is 5.95. The number of hydrogen-bond donors (Lipinski definition) is 3. The van der Waals surface area contributed by atoms with Gasteiger partial charge in [-0.05, 0) is 32.6 Å². The SMILES string of the molecule is CCNC(=NCC(=O)NC1CC1)NC(C)C(C)C. The van der Waals surface area contributed by atoms with Crippen LogP contribution in [-0.2, 0) is 4.79 Å². The topological polar surface area (TPSA) is 65.5 Å². The minimum atomic E-state index is 0.00639. The molecule has 0 bridgehead atoms. The van der Waals surface area contributed by atoms with Crippen LogP contribution < -0.4 is 16.0 Å². The van der Waals surface area contributed by atoms with Gasteiger partial charge >= 0.3 is 0 Å². The maximum Gasteiger partial charge on any atom is 0.242 e. The zero-order valence-corrected chi connectivity index (χ0v) is 11.9. The normalized spacial score (nSPS) is 17.5. The first-order valence-corrected chi connectivity index (χ1v) is 6.87. The zero-order chi connectivity index (χ0) is 13.5. The highest BCUT2D eigenvalue weighted by molar-refractivity contribution is 5.85. The van der Waals surface area contributed by atoms with E-state index < -0.39 is 0 Å². The van der Waals surface area contributed by atoms with Crippen LogP contribution in [0.25, 0.3) is 0 Å². The van der Waals surface area contributed by atoms with Crippen molar-refractivity contribution in [3.63, 3.8) is 0 Å². The second-order valence-electron chi connectivity index (χ2n) is 5.21. The molecule has 1 aliphatic carbocycles. The van der Waals surface area contributed by atoms with Gasteiger partial charge in [-0.2, -0.15) is 0 Å². The number of carbonyl (C=O) groups is 1. The molecule has 0 aromatic rings. The Morgan fingerprint density at radius 2 is 2.00 bits per heavy atom. The molecule has 5 nitrogen and oxygen atoms in total. The summed E-state index contributed by atoms with van der Waals surface area (Å²) in [6.07, 6.45) is 2.22. The summed E-state index contributed by atoms with van der Waals surface area (Å²) in [5, 5.41) is 9.38. The highest BCUT2D eigenvalue weighted by Gasteiger charge is 2.22. The summed E-state index contributed by atoms with van der Waals surface area (Å²) in [6, 6.07) is 0.729. The van der Waals surface area contributed by atoms with Crippen LogP contribution in [-0.4, -0.2) is 37.0 Å². The summed E-state index contributed by atoms with van der Waals surface area (Å²) in [4.78, 5) is 15.8. The summed E-state index contributed by atoms with van der Waals surface area (Å²) >= 11 is 0. The van der Waals surface area contributed by atoms with Gasteiger partial charge in [0.1, 0.15) is 6.54 Å². The van der Waals surface area contributed by atoms with Crippen molar-refractivity contribution >= 4 is 11.9 Å². The molecule has 5 heteroatoms. The molecule has 1 amide bonds. The Balaban J connectivity index is 2.40. The van der Waals surface area contributed by atoms with E-state index in [0.29, 0.717) is 24.0 Å². The highest BCUT2D eigenvalue weighted by atomic mass is 16.2. The molecule has 1 rings (SSSR count). The summed E-state index contributed by atoms with van der Waals surface area (Å²) in [6.45, 7) is 9.42. The van der Waals surface area contributed by atoms with Gasteiger partial charge in [0.25, 0.3) is 0 Å². The second kappa shape index (κ2) is 7.24. The maximum absolute atomic E-state index is 11.5. The molecule has 1 saturated carbocycles. The van der Waals surface area contributed by atoms with Crippen molar-refractivity contribution in [2.45, 2.75) is 52.6 Å². The largest absolute Gasteiger partial charge is 0.357 e. The minimum absolute atomic E-state index is 0.00639. The van der Waals surface area contributed by atoms with Crippen LogP contribution in [0, 0.1) is 5.92 Å². The Bertz CT molecular complexity index is 297. The fourth-order valence-corrected chi connectivity index (χ4v) is 1.35. The number of aliphatic imine (C=N–C) groups is 1. The lowest BCUT2D eigenvalue weighted by atomic mass is 10.1. The molecule has 3 N–H and O–H groups in total. The Morgan fingerprint density at radius 3 is 2.50 bits per heavy atom. The van der Waals surface area contributed by atoms with Crippen LogP contribution in [0.15, 0.2) is 4.99 Å². The standard InChI is InChI=1S/C13H26N4O/c1-5-14-13(16-10(4)9(2)3)15-8-12(18)17-11-6-7-11/h9-11H,5-8H2,1-4H3,(H,17,18)(H2,14,15,16). The molecule has 1 atom stereocenters. The van der Waals surface area contributed by atoms with E-state index in [-0.39, 0.29) is 12.5 Å². The fraction of sp³-hybridized carbons (Fsp3) is 0.846. The van der Waals surface area contributed by atoms with E-state index >= 15 is 0 Å². The summed E-state index contributed by atoms with van der Waals surface area (Å²) in [7, 11) is 0. The highest BCUT2D eigenvalue weighted by Crippen LogP contribution is 2.18. The van der Waals surface area contributed by atoms with Crippen LogP contribution in [0.2, 0.25) is 0 Å². The molecule has 1 aliphatic rings. The number of guanidine groups is 1. The van der Waals surface area contributed by atoms with Crippen LogP contribution >= 0.6 is 0 Å². The van der Waals surface area contributed by atoms with Crippen molar-refractivity contribution in [3.8, 4) is 0 Å². The van der Waals surface area contributed by atoms with Crippen LogP contribution in [0.5, 0.6) is 0 Å². The average molecular weight is 254 g/mol. The molecule has 1 fully saturated rings. The van der Waals surface area contributed by atoms with Gasteiger partial charge in [-0.3, -0.25) is 4.79 Å². The first kappa shape index (κ1) is 14.8. The number of rotatable bonds is 6. The van der Waals surface area contributed by atoms with E-state index in [1.54, 1.807) is 0 Å². The van der Waals surface area contributed by atoms with E-state index in [1.165, 1.54) is 0 Å². The Labute approximate surface area is 110 Å². The van der Waals surface area contributed by atoms with Gasteiger partial charge in [-0.1, -0.05) is 13.8 Å². The van der Waals surface area contributed by atoms with Crippen LogP contribution in [0.4, 0.5) is 0 Å². The van der Waals surface area contributed by atoms with Crippen molar-refractivity contribution in [2.75, 3.05) is 13.1 Å². The molecule has 0 aliphatic heterocycles. The smallest absolute Gasteiger partial charge is 0.242 e. The second-order valence-corrected chi connectivity index (χ2v) is 5.21. The lowest BCUT2D eigenvalue weighted by Crippen LogP contribution is -2.44. The van der Waals surface area contributed by atoms with Gasteiger partial charge < -0.3 is 16.0 Å². The molecule has 0 radical (unpaired) electrons. The van der Waals surface area contributed by atoms with Crippen molar-refractivity contribution in [2.24, 2.45) is 10.9 Å². The maximum atomic E-state index is 11.5. The lowest BCUT2D eigenvalue weighted by Gasteiger charge is -2.20. The molecule has 0 aromatic carbocycles. The molecule has 104 valence electrons. The Morgan fingerprint density at radius 1 is 1.33 bits per heavy atom. The summed E-state index contributed by atoms with van der Waals surface area (Å²) in [5.74, 6) is 1.24.